The van der Waals surface area contributed by atoms with Crippen LogP contribution in [-0.4, -0.2) is 33.9 Å². The average molecular weight is 437 g/mol. The monoisotopic (exact) mass is 437 g/mol. The molecule has 2 aliphatic heterocycles. The molecule has 6 heteroatoms. The van der Waals surface area contributed by atoms with Gasteiger partial charge in [-0.2, -0.15) is 0 Å². The number of benzene rings is 3. The summed E-state index contributed by atoms with van der Waals surface area (Å²) in [5.41, 5.74) is -0.109. The number of hydrogen-bond acceptors (Lipinski definition) is 5. The quantitative estimate of drug-likeness (QED) is 0.464. The maximum absolute atomic E-state index is 13.7. The molecule has 3 aromatic rings. The van der Waals surface area contributed by atoms with E-state index >= 15 is 0 Å². The van der Waals surface area contributed by atoms with Gasteiger partial charge in [0, 0.05) is 11.1 Å². The molecule has 0 saturated carbocycles. The summed E-state index contributed by atoms with van der Waals surface area (Å²) in [5.74, 6) is -4.20. The minimum atomic E-state index is -2.02. The minimum Gasteiger partial charge on any atom is -0.349 e. The SMILES string of the molecule is O=C1C2C(c3ccccc3)OC3(C(=O)c4ccccc4C3=O)C2C(=O)N1Cc1ccccc1. The third kappa shape index (κ3) is 2.58. The van der Waals surface area contributed by atoms with Crippen LogP contribution in [0.25, 0.3) is 0 Å². The predicted octanol–water partition coefficient (Wildman–Crippen LogP) is 3.38. The van der Waals surface area contributed by atoms with Gasteiger partial charge in [-0.25, -0.2) is 0 Å². The molecule has 2 amide bonds. The van der Waals surface area contributed by atoms with E-state index in [1.54, 1.807) is 48.5 Å². The Morgan fingerprint density at radius 3 is 1.85 bits per heavy atom. The fraction of sp³-hybridized carbons (Fsp3) is 0.185. The highest BCUT2D eigenvalue weighted by Gasteiger charge is 2.74. The van der Waals surface area contributed by atoms with Crippen molar-refractivity contribution in [2.24, 2.45) is 11.8 Å². The second kappa shape index (κ2) is 7.05. The maximum Gasteiger partial charge on any atom is 0.237 e. The molecular weight excluding hydrogens is 418 g/mol. The summed E-state index contributed by atoms with van der Waals surface area (Å²) in [6.07, 6.45) is -0.879. The van der Waals surface area contributed by atoms with Crippen molar-refractivity contribution >= 4 is 23.4 Å². The Morgan fingerprint density at radius 1 is 0.697 bits per heavy atom. The largest absolute Gasteiger partial charge is 0.349 e. The summed E-state index contributed by atoms with van der Waals surface area (Å²) in [4.78, 5) is 55.8. The normalized spacial score (nSPS) is 25.1. The van der Waals surface area contributed by atoms with Gasteiger partial charge >= 0.3 is 0 Å². The molecule has 2 saturated heterocycles. The van der Waals surface area contributed by atoms with E-state index in [-0.39, 0.29) is 17.7 Å². The Morgan fingerprint density at radius 2 is 1.24 bits per heavy atom. The number of Topliss-reactive ketones (excluding diaryl/α,β-unsaturated/α-hetero) is 2. The zero-order valence-corrected chi connectivity index (χ0v) is 17.5. The fourth-order valence-electron chi connectivity index (χ4n) is 5.44. The van der Waals surface area contributed by atoms with Crippen LogP contribution in [0.15, 0.2) is 84.9 Å². The van der Waals surface area contributed by atoms with E-state index in [1.165, 1.54) is 4.90 Å². The number of rotatable bonds is 3. The Hall–Kier alpha value is -3.90. The van der Waals surface area contributed by atoms with Crippen LogP contribution in [0.5, 0.6) is 0 Å². The molecule has 1 aliphatic carbocycles. The molecular formula is C27H19NO5. The second-order valence-electron chi connectivity index (χ2n) is 8.64. The van der Waals surface area contributed by atoms with Gasteiger partial charge in [-0.15, -0.1) is 0 Å². The lowest BCUT2D eigenvalue weighted by molar-refractivity contribution is -0.145. The van der Waals surface area contributed by atoms with Crippen molar-refractivity contribution in [2.45, 2.75) is 18.2 Å². The van der Waals surface area contributed by atoms with Crippen LogP contribution in [0.1, 0.15) is 37.9 Å². The van der Waals surface area contributed by atoms with E-state index in [0.717, 1.165) is 5.56 Å². The van der Waals surface area contributed by atoms with Gasteiger partial charge in [0.2, 0.25) is 29.0 Å². The first-order valence-corrected chi connectivity index (χ1v) is 10.8. The van der Waals surface area contributed by atoms with Crippen LogP contribution < -0.4 is 0 Å². The van der Waals surface area contributed by atoms with E-state index in [4.69, 9.17) is 4.74 Å². The topological polar surface area (TPSA) is 80.8 Å². The van der Waals surface area contributed by atoms with Crippen molar-refractivity contribution in [1.82, 2.24) is 4.90 Å². The summed E-state index contributed by atoms with van der Waals surface area (Å²) in [6, 6.07) is 24.7. The number of carbonyl (C=O) groups is 4. The lowest BCUT2D eigenvalue weighted by atomic mass is 9.77. The number of nitrogens with zero attached hydrogens (tertiary/aromatic N) is 1. The van der Waals surface area contributed by atoms with Gasteiger partial charge in [-0.3, -0.25) is 24.1 Å². The second-order valence-corrected chi connectivity index (χ2v) is 8.64. The smallest absolute Gasteiger partial charge is 0.237 e. The third-order valence-electron chi connectivity index (χ3n) is 6.92. The van der Waals surface area contributed by atoms with Crippen LogP contribution in [0.4, 0.5) is 0 Å². The summed E-state index contributed by atoms with van der Waals surface area (Å²) < 4.78 is 6.24. The first kappa shape index (κ1) is 19.8. The highest BCUT2D eigenvalue weighted by Crippen LogP contribution is 2.57. The first-order chi connectivity index (χ1) is 16.0. The lowest BCUT2D eigenvalue weighted by Gasteiger charge is -2.27. The summed E-state index contributed by atoms with van der Waals surface area (Å²) in [7, 11) is 0. The number of ether oxygens (including phenoxy) is 1. The predicted molar refractivity (Wildman–Crippen MR) is 117 cm³/mol. The van der Waals surface area contributed by atoms with E-state index in [0.29, 0.717) is 5.56 Å². The molecule has 3 atom stereocenters. The number of amides is 2. The summed E-state index contributed by atoms with van der Waals surface area (Å²) in [5, 5.41) is 0. The molecule has 1 spiro atoms. The van der Waals surface area contributed by atoms with Gasteiger partial charge in [0.15, 0.2) is 0 Å². The standard InChI is InChI=1S/C27H19NO5/c29-23-18-13-7-8-14-19(18)24(30)27(23)21-20(22(33-27)17-11-5-2-6-12-17)25(31)28(26(21)32)15-16-9-3-1-4-10-16/h1-14,20-22H,15H2. The molecule has 0 aromatic heterocycles. The third-order valence-corrected chi connectivity index (χ3v) is 6.92. The van der Waals surface area contributed by atoms with Crippen molar-refractivity contribution < 1.29 is 23.9 Å². The number of carbonyl (C=O) groups excluding carboxylic acids is 4. The van der Waals surface area contributed by atoms with Gasteiger partial charge in [0.05, 0.1) is 24.5 Å². The van der Waals surface area contributed by atoms with Crippen LogP contribution in [0.3, 0.4) is 0 Å². The molecule has 3 aromatic carbocycles. The lowest BCUT2D eigenvalue weighted by Crippen LogP contribution is -2.50. The summed E-state index contributed by atoms with van der Waals surface area (Å²) in [6.45, 7) is 0.0818. The van der Waals surface area contributed by atoms with Gasteiger partial charge in [-0.05, 0) is 11.1 Å². The zero-order chi connectivity index (χ0) is 22.7. The van der Waals surface area contributed by atoms with Crippen molar-refractivity contribution in [3.05, 3.63) is 107 Å². The maximum atomic E-state index is 13.7. The van der Waals surface area contributed by atoms with Gasteiger partial charge < -0.3 is 4.74 Å². The van der Waals surface area contributed by atoms with Crippen LogP contribution in [-0.2, 0) is 20.9 Å². The molecule has 3 unspecified atom stereocenters. The van der Waals surface area contributed by atoms with Crippen molar-refractivity contribution in [2.75, 3.05) is 0 Å². The fourth-order valence-corrected chi connectivity index (χ4v) is 5.44. The highest BCUT2D eigenvalue weighted by molar-refractivity contribution is 6.35. The molecule has 0 radical (unpaired) electrons. The van der Waals surface area contributed by atoms with Crippen molar-refractivity contribution in [1.29, 1.82) is 0 Å². The Bertz CT molecular complexity index is 1280. The number of likely N-dealkylation sites (tertiary alicyclic amines) is 1. The molecule has 2 heterocycles. The minimum absolute atomic E-state index is 0.0818. The highest BCUT2D eigenvalue weighted by atomic mass is 16.5. The van der Waals surface area contributed by atoms with Gasteiger partial charge in [-0.1, -0.05) is 84.9 Å². The molecule has 2 fully saturated rings. The van der Waals surface area contributed by atoms with E-state index in [2.05, 4.69) is 0 Å². The van der Waals surface area contributed by atoms with E-state index in [1.807, 2.05) is 36.4 Å². The zero-order valence-electron chi connectivity index (χ0n) is 17.5. The molecule has 6 nitrogen and oxygen atoms in total. The van der Waals surface area contributed by atoms with E-state index in [9.17, 15) is 19.2 Å². The van der Waals surface area contributed by atoms with Gasteiger partial charge in [0.1, 0.15) is 0 Å². The van der Waals surface area contributed by atoms with Crippen LogP contribution in [0, 0.1) is 11.8 Å². The molecule has 3 aliphatic rings. The summed E-state index contributed by atoms with van der Waals surface area (Å²) >= 11 is 0. The van der Waals surface area contributed by atoms with Gasteiger partial charge in [0.25, 0.3) is 0 Å². The van der Waals surface area contributed by atoms with E-state index < -0.39 is 46.9 Å². The Kier molecular flexibility index (Phi) is 4.22. The molecule has 162 valence electrons. The number of imide groups is 1. The first-order valence-electron chi connectivity index (χ1n) is 10.8. The molecule has 33 heavy (non-hydrogen) atoms. The molecule has 6 rings (SSSR count). The number of ketones is 2. The Labute approximate surface area is 189 Å². The average Bonchev–Trinajstić information content (AvgIpc) is 3.42. The number of hydrogen-bond donors (Lipinski definition) is 0. The Balaban J connectivity index is 1.50. The van der Waals surface area contributed by atoms with Crippen molar-refractivity contribution in [3.8, 4) is 0 Å². The molecule has 0 bridgehead atoms. The molecule has 0 N–H and O–H groups in total. The number of fused-ring (bicyclic) bond motifs is 3. The van der Waals surface area contributed by atoms with Crippen molar-refractivity contribution in [3.63, 3.8) is 0 Å². The van der Waals surface area contributed by atoms with Crippen LogP contribution in [0.2, 0.25) is 0 Å². The van der Waals surface area contributed by atoms with Crippen LogP contribution >= 0.6 is 0 Å².